The van der Waals surface area contributed by atoms with E-state index >= 15 is 0 Å². The average Bonchev–Trinajstić information content (AvgIpc) is 2.61. The molecule has 0 spiro atoms. The van der Waals surface area contributed by atoms with Crippen molar-refractivity contribution in [3.8, 4) is 17.6 Å². The number of ether oxygens (including phenoxy) is 2. The van der Waals surface area contributed by atoms with Gasteiger partial charge in [0.05, 0.1) is 6.07 Å². The Labute approximate surface area is 136 Å². The van der Waals surface area contributed by atoms with Gasteiger partial charge in [-0.2, -0.15) is 5.26 Å². The maximum absolute atomic E-state index is 12.7. The Bertz CT molecular complexity index is 601. The van der Waals surface area contributed by atoms with Gasteiger partial charge in [0.1, 0.15) is 13.2 Å². The maximum atomic E-state index is 12.7. The number of Topliss-reactive ketones (excluding diaryl/α,β-unsaturated/α-hetero) is 1. The summed E-state index contributed by atoms with van der Waals surface area (Å²) in [5.74, 6) is 1.69. The Morgan fingerprint density at radius 2 is 1.96 bits per heavy atom. The highest BCUT2D eigenvalue weighted by Gasteiger charge is 2.26. The third-order valence-electron chi connectivity index (χ3n) is 4.55. The van der Waals surface area contributed by atoms with Gasteiger partial charge in [0, 0.05) is 17.9 Å². The van der Waals surface area contributed by atoms with Crippen LogP contribution in [0.2, 0.25) is 0 Å². The van der Waals surface area contributed by atoms with E-state index in [1.165, 1.54) is 0 Å². The molecule has 0 amide bonds. The Kier molecular flexibility index (Phi) is 5.14. The highest BCUT2D eigenvalue weighted by molar-refractivity contribution is 5.98. The maximum Gasteiger partial charge on any atom is 0.166 e. The van der Waals surface area contributed by atoms with Crippen molar-refractivity contribution in [2.24, 2.45) is 5.92 Å². The average molecular weight is 314 g/mol. The normalized spacial score (nSPS) is 18.4. The van der Waals surface area contributed by atoms with Crippen LogP contribution < -0.4 is 9.47 Å². The Balaban J connectivity index is 1.56. The summed E-state index contributed by atoms with van der Waals surface area (Å²) in [5, 5.41) is 8.59. The smallest absolute Gasteiger partial charge is 0.166 e. The molecule has 0 saturated carbocycles. The molecule has 1 aromatic rings. The van der Waals surface area contributed by atoms with Gasteiger partial charge in [-0.1, -0.05) is 0 Å². The molecule has 0 aliphatic carbocycles. The standard InChI is InChI=1S/C18H22N2O3/c19-7-1-2-8-20-9-5-14(6-10-20)18(21)15-3-4-16-17(13-15)23-12-11-22-16/h3-4,13-14H,1-2,5-6,8-12H2. The lowest BCUT2D eigenvalue weighted by Gasteiger charge is -2.31. The van der Waals surface area contributed by atoms with E-state index in [1.807, 2.05) is 18.2 Å². The number of carbonyl (C=O) groups excluding carboxylic acids is 1. The van der Waals surface area contributed by atoms with E-state index in [0.717, 1.165) is 50.2 Å². The number of nitrogens with zero attached hydrogens (tertiary/aromatic N) is 2. The molecular weight excluding hydrogens is 292 g/mol. The number of fused-ring (bicyclic) bond motifs is 1. The molecule has 122 valence electrons. The number of likely N-dealkylation sites (tertiary alicyclic amines) is 1. The van der Waals surface area contributed by atoms with Crippen molar-refractivity contribution in [1.82, 2.24) is 4.90 Å². The van der Waals surface area contributed by atoms with Crippen LogP contribution in [-0.2, 0) is 0 Å². The first-order valence-electron chi connectivity index (χ1n) is 8.31. The van der Waals surface area contributed by atoms with Gasteiger partial charge in [-0.05, 0) is 57.1 Å². The molecule has 0 unspecified atom stereocenters. The molecule has 3 rings (SSSR count). The number of hydrogen-bond acceptors (Lipinski definition) is 5. The zero-order valence-electron chi connectivity index (χ0n) is 13.3. The Morgan fingerprint density at radius 3 is 2.70 bits per heavy atom. The van der Waals surface area contributed by atoms with Crippen LogP contribution in [0.5, 0.6) is 11.5 Å². The number of piperidine rings is 1. The lowest BCUT2D eigenvalue weighted by atomic mass is 9.88. The first-order valence-corrected chi connectivity index (χ1v) is 8.31. The molecule has 1 saturated heterocycles. The second-order valence-corrected chi connectivity index (χ2v) is 6.10. The van der Waals surface area contributed by atoms with E-state index in [-0.39, 0.29) is 11.7 Å². The topological polar surface area (TPSA) is 62.6 Å². The number of benzene rings is 1. The van der Waals surface area contributed by atoms with Gasteiger partial charge in [-0.3, -0.25) is 4.79 Å². The van der Waals surface area contributed by atoms with Gasteiger partial charge in [-0.25, -0.2) is 0 Å². The highest BCUT2D eigenvalue weighted by atomic mass is 16.6. The molecule has 23 heavy (non-hydrogen) atoms. The van der Waals surface area contributed by atoms with Crippen LogP contribution in [0.15, 0.2) is 18.2 Å². The molecule has 0 radical (unpaired) electrons. The lowest BCUT2D eigenvalue weighted by Crippen LogP contribution is -2.36. The molecular formula is C18H22N2O3. The van der Waals surface area contributed by atoms with Gasteiger partial charge in [0.15, 0.2) is 17.3 Å². The van der Waals surface area contributed by atoms with E-state index in [2.05, 4.69) is 11.0 Å². The van der Waals surface area contributed by atoms with Gasteiger partial charge in [0.25, 0.3) is 0 Å². The minimum Gasteiger partial charge on any atom is -0.486 e. The monoisotopic (exact) mass is 314 g/mol. The van der Waals surface area contributed by atoms with Gasteiger partial charge >= 0.3 is 0 Å². The third kappa shape index (κ3) is 3.83. The van der Waals surface area contributed by atoms with E-state index in [0.29, 0.717) is 25.4 Å². The molecule has 1 aromatic carbocycles. The second kappa shape index (κ2) is 7.47. The minimum atomic E-state index is 0.0878. The lowest BCUT2D eigenvalue weighted by molar-refractivity contribution is 0.0838. The molecule has 0 atom stereocenters. The van der Waals surface area contributed by atoms with E-state index < -0.39 is 0 Å². The predicted molar refractivity (Wildman–Crippen MR) is 85.8 cm³/mol. The molecule has 1 fully saturated rings. The molecule has 2 aliphatic rings. The molecule has 0 aromatic heterocycles. The van der Waals surface area contributed by atoms with Crippen molar-refractivity contribution in [3.63, 3.8) is 0 Å². The fraction of sp³-hybridized carbons (Fsp3) is 0.556. The summed E-state index contributed by atoms with van der Waals surface area (Å²) in [7, 11) is 0. The molecule has 5 heteroatoms. The van der Waals surface area contributed by atoms with E-state index in [9.17, 15) is 4.79 Å². The SMILES string of the molecule is N#CCCCN1CCC(C(=O)c2ccc3c(c2)OCCO3)CC1. The van der Waals surface area contributed by atoms with Crippen molar-refractivity contribution in [2.75, 3.05) is 32.8 Å². The summed E-state index contributed by atoms with van der Waals surface area (Å²) >= 11 is 0. The number of rotatable bonds is 5. The van der Waals surface area contributed by atoms with Crippen molar-refractivity contribution in [3.05, 3.63) is 23.8 Å². The first-order chi connectivity index (χ1) is 11.3. The van der Waals surface area contributed by atoms with E-state index in [1.54, 1.807) is 0 Å². The largest absolute Gasteiger partial charge is 0.486 e. The van der Waals surface area contributed by atoms with Gasteiger partial charge < -0.3 is 14.4 Å². The number of ketones is 1. The van der Waals surface area contributed by atoms with Crippen LogP contribution in [0.4, 0.5) is 0 Å². The van der Waals surface area contributed by atoms with Crippen LogP contribution in [-0.4, -0.2) is 43.5 Å². The molecule has 0 bridgehead atoms. The summed E-state index contributed by atoms with van der Waals surface area (Å²) < 4.78 is 11.1. The fourth-order valence-corrected chi connectivity index (χ4v) is 3.23. The second-order valence-electron chi connectivity index (χ2n) is 6.10. The molecule has 2 heterocycles. The highest BCUT2D eigenvalue weighted by Crippen LogP contribution is 2.32. The van der Waals surface area contributed by atoms with E-state index in [4.69, 9.17) is 14.7 Å². The first kappa shape index (κ1) is 15.8. The van der Waals surface area contributed by atoms with Crippen LogP contribution in [0.3, 0.4) is 0 Å². The van der Waals surface area contributed by atoms with Crippen LogP contribution in [0.25, 0.3) is 0 Å². The van der Waals surface area contributed by atoms with Crippen LogP contribution >= 0.6 is 0 Å². The van der Waals surface area contributed by atoms with Gasteiger partial charge in [-0.15, -0.1) is 0 Å². The van der Waals surface area contributed by atoms with Gasteiger partial charge in [0.2, 0.25) is 0 Å². The quantitative estimate of drug-likeness (QED) is 0.617. The molecule has 2 aliphatic heterocycles. The summed E-state index contributed by atoms with van der Waals surface area (Å²) in [6.45, 7) is 3.92. The summed E-state index contributed by atoms with van der Waals surface area (Å²) in [6.07, 6.45) is 3.30. The number of nitriles is 1. The van der Waals surface area contributed by atoms with Crippen molar-refractivity contribution in [2.45, 2.75) is 25.7 Å². The fourth-order valence-electron chi connectivity index (χ4n) is 3.23. The molecule has 0 N–H and O–H groups in total. The van der Waals surface area contributed by atoms with Crippen molar-refractivity contribution in [1.29, 1.82) is 5.26 Å². The number of carbonyl (C=O) groups is 1. The van der Waals surface area contributed by atoms with Crippen molar-refractivity contribution >= 4 is 5.78 Å². The minimum absolute atomic E-state index is 0.0878. The summed E-state index contributed by atoms with van der Waals surface area (Å²) in [5.41, 5.74) is 0.720. The summed E-state index contributed by atoms with van der Waals surface area (Å²) in [4.78, 5) is 15.0. The zero-order valence-corrected chi connectivity index (χ0v) is 13.3. The van der Waals surface area contributed by atoms with Crippen LogP contribution in [0.1, 0.15) is 36.0 Å². The zero-order chi connectivity index (χ0) is 16.1. The molecule has 5 nitrogen and oxygen atoms in total. The van der Waals surface area contributed by atoms with Crippen molar-refractivity contribution < 1.29 is 14.3 Å². The third-order valence-corrected chi connectivity index (χ3v) is 4.55. The predicted octanol–water partition coefficient (Wildman–Crippen LogP) is 2.66. The number of hydrogen-bond donors (Lipinski definition) is 0. The number of unbranched alkanes of at least 4 members (excludes halogenated alkanes) is 1. The Hall–Kier alpha value is -2.06. The van der Waals surface area contributed by atoms with Crippen LogP contribution in [0, 0.1) is 17.2 Å². The Morgan fingerprint density at radius 1 is 1.22 bits per heavy atom. The summed E-state index contributed by atoms with van der Waals surface area (Å²) in [6, 6.07) is 7.67.